The van der Waals surface area contributed by atoms with Crippen LogP contribution in [-0.4, -0.2) is 24.9 Å². The Balaban J connectivity index is 4.92. The summed E-state index contributed by atoms with van der Waals surface area (Å²) in [6, 6.07) is 0. The number of hydrogen-bond donors (Lipinski definition) is 0. The molecule has 0 rings (SSSR count). The highest BCUT2D eigenvalue weighted by Gasteiger charge is 2.36. The van der Waals surface area contributed by atoms with Gasteiger partial charge in [0.15, 0.2) is 0 Å². The highest BCUT2D eigenvalue weighted by molar-refractivity contribution is 5.79. The van der Waals surface area contributed by atoms with Gasteiger partial charge in [0, 0.05) is 20.0 Å². The van der Waals surface area contributed by atoms with Crippen molar-refractivity contribution in [2.24, 2.45) is 16.7 Å². The largest absolute Gasteiger partial charge is 0.349 e. The van der Waals surface area contributed by atoms with E-state index in [9.17, 15) is 4.79 Å². The minimum Gasteiger partial charge on any atom is -0.349 e. The van der Waals surface area contributed by atoms with Gasteiger partial charge in [0.2, 0.25) is 5.91 Å². The normalized spacial score (nSPS) is 14.8. The molecule has 0 N–H and O–H groups in total. The van der Waals surface area contributed by atoms with Crippen LogP contribution < -0.4 is 0 Å². The Bertz CT molecular complexity index is 236. The lowest BCUT2D eigenvalue weighted by molar-refractivity contribution is -0.138. The number of carbonyl (C=O) groups is 1. The molecule has 1 amide bonds. The summed E-state index contributed by atoms with van der Waals surface area (Å²) in [4.78, 5) is 13.9. The number of amides is 1. The third kappa shape index (κ3) is 4.54. The molecule has 2 nitrogen and oxygen atoms in total. The Morgan fingerprint density at radius 1 is 1.12 bits per heavy atom. The summed E-state index contributed by atoms with van der Waals surface area (Å²) in [5.74, 6) is 0.367. The molecule has 1 unspecified atom stereocenters. The van der Waals surface area contributed by atoms with Crippen LogP contribution >= 0.6 is 0 Å². The van der Waals surface area contributed by atoms with Crippen LogP contribution in [0.25, 0.3) is 0 Å². The topological polar surface area (TPSA) is 20.3 Å². The fourth-order valence-corrected chi connectivity index (χ4v) is 1.77. The number of hydrogen-bond acceptors (Lipinski definition) is 1. The van der Waals surface area contributed by atoms with Crippen LogP contribution in [0.2, 0.25) is 0 Å². The van der Waals surface area contributed by atoms with E-state index in [0.29, 0.717) is 0 Å². The molecule has 0 spiro atoms. The van der Waals surface area contributed by atoms with Crippen LogP contribution in [0.5, 0.6) is 0 Å². The van der Waals surface area contributed by atoms with Crippen molar-refractivity contribution in [3.8, 4) is 0 Å². The zero-order valence-electron chi connectivity index (χ0n) is 12.3. The molecule has 0 aromatic rings. The molecule has 0 aromatic carbocycles. The Hall–Kier alpha value is -0.530. The van der Waals surface area contributed by atoms with Gasteiger partial charge in [0.1, 0.15) is 0 Å². The summed E-state index contributed by atoms with van der Waals surface area (Å²) in [5.41, 5.74) is 0.275. The first-order chi connectivity index (χ1) is 7.01. The van der Waals surface area contributed by atoms with E-state index < -0.39 is 0 Å². The zero-order chi connectivity index (χ0) is 13.1. The molecule has 16 heavy (non-hydrogen) atoms. The van der Waals surface area contributed by atoms with Crippen LogP contribution in [0, 0.1) is 16.7 Å². The van der Waals surface area contributed by atoms with Crippen LogP contribution in [0.15, 0.2) is 0 Å². The number of carbonyl (C=O) groups excluding carboxylic acids is 1. The predicted octanol–water partition coefficient (Wildman–Crippen LogP) is 3.56. The predicted molar refractivity (Wildman–Crippen MR) is 70.3 cm³/mol. The van der Waals surface area contributed by atoms with Gasteiger partial charge in [-0.05, 0) is 17.3 Å². The molecule has 2 heteroatoms. The van der Waals surface area contributed by atoms with E-state index >= 15 is 0 Å². The molecule has 1 atom stereocenters. The Labute approximate surface area is 101 Å². The van der Waals surface area contributed by atoms with Gasteiger partial charge in [-0.15, -0.1) is 0 Å². The number of rotatable bonds is 4. The van der Waals surface area contributed by atoms with Gasteiger partial charge in [-0.2, -0.15) is 0 Å². The second kappa shape index (κ2) is 5.20. The molecule has 0 bridgehead atoms. The summed E-state index contributed by atoms with van der Waals surface area (Å²) >= 11 is 0. The molecule has 0 aliphatic rings. The van der Waals surface area contributed by atoms with Crippen molar-refractivity contribution in [1.82, 2.24) is 4.90 Å². The Kier molecular flexibility index (Phi) is 5.03. The standard InChI is InChI=1S/C14H29NO/c1-9-14(5,6)10-11(13(2,3)4)12(16)15(7)8/h11H,9-10H2,1-8H3. The van der Waals surface area contributed by atoms with Gasteiger partial charge in [-0.1, -0.05) is 48.0 Å². The highest BCUT2D eigenvalue weighted by Crippen LogP contribution is 2.38. The molecule has 96 valence electrons. The molecule has 0 aromatic heterocycles. The zero-order valence-corrected chi connectivity index (χ0v) is 12.3. The van der Waals surface area contributed by atoms with Crippen molar-refractivity contribution in [1.29, 1.82) is 0 Å². The Morgan fingerprint density at radius 2 is 1.56 bits per heavy atom. The maximum Gasteiger partial charge on any atom is 0.225 e. The summed E-state index contributed by atoms with van der Waals surface area (Å²) in [6.45, 7) is 13.2. The third-order valence-electron chi connectivity index (χ3n) is 3.50. The molecular weight excluding hydrogens is 198 g/mol. The van der Waals surface area contributed by atoms with E-state index in [1.54, 1.807) is 4.90 Å². The van der Waals surface area contributed by atoms with Crippen LogP contribution in [0.4, 0.5) is 0 Å². The minimum absolute atomic E-state index is 0.0355. The smallest absolute Gasteiger partial charge is 0.225 e. The lowest BCUT2D eigenvalue weighted by Gasteiger charge is -2.37. The van der Waals surface area contributed by atoms with Crippen molar-refractivity contribution < 1.29 is 4.79 Å². The van der Waals surface area contributed by atoms with Gasteiger partial charge in [-0.3, -0.25) is 4.79 Å². The minimum atomic E-state index is 0.0355. The molecule has 0 fully saturated rings. The molecule has 0 saturated heterocycles. The van der Waals surface area contributed by atoms with Gasteiger partial charge in [0.05, 0.1) is 0 Å². The van der Waals surface area contributed by atoms with Crippen LogP contribution in [-0.2, 0) is 4.79 Å². The van der Waals surface area contributed by atoms with Gasteiger partial charge in [-0.25, -0.2) is 0 Å². The summed E-state index contributed by atoms with van der Waals surface area (Å²) in [7, 11) is 3.69. The van der Waals surface area contributed by atoms with E-state index in [0.717, 1.165) is 12.8 Å². The second-order valence-electron chi connectivity index (χ2n) is 6.87. The Morgan fingerprint density at radius 3 is 1.81 bits per heavy atom. The average molecular weight is 227 g/mol. The summed E-state index contributed by atoms with van der Waals surface area (Å²) in [5, 5.41) is 0. The molecule has 0 radical (unpaired) electrons. The maximum atomic E-state index is 12.2. The fraction of sp³-hybridized carbons (Fsp3) is 0.929. The quantitative estimate of drug-likeness (QED) is 0.719. The summed E-state index contributed by atoms with van der Waals surface area (Å²) in [6.07, 6.45) is 2.07. The third-order valence-corrected chi connectivity index (χ3v) is 3.50. The second-order valence-corrected chi connectivity index (χ2v) is 6.87. The first-order valence-corrected chi connectivity index (χ1v) is 6.22. The van der Waals surface area contributed by atoms with Crippen molar-refractivity contribution in [2.45, 2.75) is 54.4 Å². The average Bonchev–Trinajstić information content (AvgIpc) is 2.11. The first-order valence-electron chi connectivity index (χ1n) is 6.22. The molecule has 0 saturated carbocycles. The fourth-order valence-electron chi connectivity index (χ4n) is 1.77. The molecule has 0 aliphatic carbocycles. The van der Waals surface area contributed by atoms with E-state index in [4.69, 9.17) is 0 Å². The van der Waals surface area contributed by atoms with Crippen LogP contribution in [0.1, 0.15) is 54.4 Å². The SMILES string of the molecule is CCC(C)(C)CC(C(=O)N(C)C)C(C)(C)C. The van der Waals surface area contributed by atoms with Gasteiger partial charge >= 0.3 is 0 Å². The maximum absolute atomic E-state index is 12.2. The van der Waals surface area contributed by atoms with Crippen molar-refractivity contribution >= 4 is 5.91 Å². The summed E-state index contributed by atoms with van der Waals surface area (Å²) < 4.78 is 0. The van der Waals surface area contributed by atoms with Crippen molar-refractivity contribution in [3.05, 3.63) is 0 Å². The molecule has 0 heterocycles. The number of nitrogens with zero attached hydrogens (tertiary/aromatic N) is 1. The molecule has 0 aliphatic heterocycles. The monoisotopic (exact) mass is 227 g/mol. The van der Waals surface area contributed by atoms with Gasteiger partial charge in [0.25, 0.3) is 0 Å². The molecular formula is C14H29NO. The van der Waals surface area contributed by atoms with E-state index in [1.807, 2.05) is 14.1 Å². The van der Waals surface area contributed by atoms with Crippen molar-refractivity contribution in [3.63, 3.8) is 0 Å². The van der Waals surface area contributed by atoms with E-state index in [-0.39, 0.29) is 22.7 Å². The lowest BCUT2D eigenvalue weighted by atomic mass is 9.70. The van der Waals surface area contributed by atoms with Crippen LogP contribution in [0.3, 0.4) is 0 Å². The highest BCUT2D eigenvalue weighted by atomic mass is 16.2. The van der Waals surface area contributed by atoms with Crippen molar-refractivity contribution in [2.75, 3.05) is 14.1 Å². The van der Waals surface area contributed by atoms with E-state index in [1.165, 1.54) is 0 Å². The lowest BCUT2D eigenvalue weighted by Crippen LogP contribution is -2.39. The van der Waals surface area contributed by atoms with Gasteiger partial charge < -0.3 is 4.90 Å². The first kappa shape index (κ1) is 15.5. The van der Waals surface area contributed by atoms with E-state index in [2.05, 4.69) is 41.5 Å².